The molecule has 0 N–H and O–H groups in total. The average molecular weight is 371 g/mol. The van der Waals surface area contributed by atoms with E-state index in [9.17, 15) is 9.59 Å². The van der Waals surface area contributed by atoms with Gasteiger partial charge in [-0.3, -0.25) is 9.59 Å². The molecule has 1 amide bonds. The largest absolute Gasteiger partial charge is 0.496 e. The van der Waals surface area contributed by atoms with Crippen LogP contribution >= 0.6 is 0 Å². The van der Waals surface area contributed by atoms with Crippen molar-refractivity contribution in [3.63, 3.8) is 0 Å². The summed E-state index contributed by atoms with van der Waals surface area (Å²) < 4.78 is 15.7. The summed E-state index contributed by atoms with van der Waals surface area (Å²) in [5, 5.41) is 0. The summed E-state index contributed by atoms with van der Waals surface area (Å²) >= 11 is 0. The zero-order valence-electron chi connectivity index (χ0n) is 16.2. The highest BCUT2D eigenvalue weighted by Gasteiger charge is 2.31. The highest BCUT2D eigenvalue weighted by Crippen LogP contribution is 2.28. The predicted octanol–water partition coefficient (Wildman–Crippen LogP) is 3.65. The van der Waals surface area contributed by atoms with Crippen LogP contribution in [0.3, 0.4) is 0 Å². The minimum Gasteiger partial charge on any atom is -0.496 e. The van der Waals surface area contributed by atoms with Gasteiger partial charge >= 0.3 is 0 Å². The molecule has 2 heterocycles. The summed E-state index contributed by atoms with van der Waals surface area (Å²) in [4.78, 5) is 27.4. The van der Waals surface area contributed by atoms with E-state index in [2.05, 4.69) is 0 Å². The Balaban J connectivity index is 1.75. The second-order valence-electron chi connectivity index (χ2n) is 6.92. The van der Waals surface area contributed by atoms with Gasteiger partial charge in [-0.1, -0.05) is 0 Å². The van der Waals surface area contributed by atoms with Crippen LogP contribution in [0.4, 0.5) is 0 Å². The standard InChI is InChI=1S/C21H25NO5/c1-13-10-16(11-14(2)20(13)26-4)19(23)15-6-5-9-22(12-15)21(24)17-7-8-18(25-3)27-17/h7-8,10-11,15H,5-6,9,12H2,1-4H3/t15-/m0/s1. The van der Waals surface area contributed by atoms with E-state index < -0.39 is 0 Å². The molecule has 2 aromatic rings. The predicted molar refractivity (Wildman–Crippen MR) is 101 cm³/mol. The molecule has 1 aliphatic heterocycles. The van der Waals surface area contributed by atoms with Crippen LogP contribution in [0.25, 0.3) is 0 Å². The van der Waals surface area contributed by atoms with Crippen LogP contribution in [0, 0.1) is 19.8 Å². The molecular weight excluding hydrogens is 346 g/mol. The Morgan fingerprint density at radius 2 is 1.81 bits per heavy atom. The van der Waals surface area contributed by atoms with E-state index >= 15 is 0 Å². The number of carbonyl (C=O) groups excluding carboxylic acids is 2. The fourth-order valence-electron chi connectivity index (χ4n) is 3.73. The van der Waals surface area contributed by atoms with Gasteiger partial charge in [0.25, 0.3) is 11.9 Å². The van der Waals surface area contributed by atoms with Gasteiger partial charge in [-0.2, -0.15) is 0 Å². The molecule has 1 atom stereocenters. The highest BCUT2D eigenvalue weighted by molar-refractivity contribution is 5.99. The number of piperidine rings is 1. The molecule has 0 saturated carbocycles. The maximum Gasteiger partial charge on any atom is 0.289 e. The van der Waals surface area contributed by atoms with E-state index in [4.69, 9.17) is 13.9 Å². The minimum absolute atomic E-state index is 0.0679. The number of amides is 1. The Bertz CT molecular complexity index is 831. The molecule has 0 radical (unpaired) electrons. The number of furan rings is 1. The second kappa shape index (κ2) is 7.86. The minimum atomic E-state index is -0.216. The van der Waals surface area contributed by atoms with E-state index in [1.165, 1.54) is 7.11 Å². The molecule has 27 heavy (non-hydrogen) atoms. The fraction of sp³-hybridized carbons (Fsp3) is 0.429. The summed E-state index contributed by atoms with van der Waals surface area (Å²) in [5.74, 6) is 0.977. The van der Waals surface area contributed by atoms with Crippen molar-refractivity contribution in [3.05, 3.63) is 46.7 Å². The quantitative estimate of drug-likeness (QED) is 0.751. The number of carbonyl (C=O) groups is 2. The van der Waals surface area contributed by atoms with Crippen molar-refractivity contribution in [2.24, 2.45) is 5.92 Å². The van der Waals surface area contributed by atoms with Gasteiger partial charge in [0.1, 0.15) is 5.75 Å². The number of nitrogens with zero attached hydrogens (tertiary/aromatic N) is 1. The van der Waals surface area contributed by atoms with Gasteiger partial charge in [-0.15, -0.1) is 0 Å². The lowest BCUT2D eigenvalue weighted by molar-refractivity contribution is 0.0605. The van der Waals surface area contributed by atoms with Gasteiger partial charge < -0.3 is 18.8 Å². The topological polar surface area (TPSA) is 69.0 Å². The van der Waals surface area contributed by atoms with Crippen molar-refractivity contribution in [2.45, 2.75) is 26.7 Å². The van der Waals surface area contributed by atoms with E-state index in [0.29, 0.717) is 24.6 Å². The summed E-state index contributed by atoms with van der Waals surface area (Å²) in [7, 11) is 3.12. The number of ether oxygens (including phenoxy) is 2. The van der Waals surface area contributed by atoms with Crippen LogP contribution in [0.5, 0.6) is 11.7 Å². The summed E-state index contributed by atoms with van der Waals surface area (Å²) in [6.45, 7) is 4.88. The molecule has 1 aromatic heterocycles. The molecule has 6 heteroatoms. The number of Topliss-reactive ketones (excluding diaryl/α,β-unsaturated/α-hetero) is 1. The lowest BCUT2D eigenvalue weighted by Crippen LogP contribution is -2.42. The molecule has 0 aliphatic carbocycles. The van der Waals surface area contributed by atoms with E-state index in [1.54, 1.807) is 24.1 Å². The lowest BCUT2D eigenvalue weighted by atomic mass is 9.88. The van der Waals surface area contributed by atoms with Crippen LogP contribution in [0.1, 0.15) is 44.9 Å². The third kappa shape index (κ3) is 3.84. The molecule has 1 fully saturated rings. The van der Waals surface area contributed by atoms with Gasteiger partial charge in [0, 0.05) is 30.6 Å². The molecule has 0 spiro atoms. The Morgan fingerprint density at radius 1 is 1.11 bits per heavy atom. The van der Waals surface area contributed by atoms with Crippen molar-refractivity contribution in [1.82, 2.24) is 4.90 Å². The van der Waals surface area contributed by atoms with E-state index in [0.717, 1.165) is 29.7 Å². The van der Waals surface area contributed by atoms with Gasteiger partial charge in [-0.25, -0.2) is 0 Å². The Kier molecular flexibility index (Phi) is 5.54. The normalized spacial score (nSPS) is 16.9. The molecular formula is C21H25NO5. The van der Waals surface area contributed by atoms with Crippen LogP contribution in [-0.2, 0) is 0 Å². The molecule has 6 nitrogen and oxygen atoms in total. The van der Waals surface area contributed by atoms with Crippen LogP contribution in [-0.4, -0.2) is 43.9 Å². The van der Waals surface area contributed by atoms with Crippen molar-refractivity contribution in [1.29, 1.82) is 0 Å². The lowest BCUT2D eigenvalue weighted by Gasteiger charge is -2.31. The highest BCUT2D eigenvalue weighted by atomic mass is 16.6. The number of aryl methyl sites for hydroxylation is 2. The fourth-order valence-corrected chi connectivity index (χ4v) is 3.73. The zero-order valence-corrected chi connectivity index (χ0v) is 16.2. The zero-order chi connectivity index (χ0) is 19.6. The van der Waals surface area contributed by atoms with Gasteiger partial charge in [0.15, 0.2) is 11.5 Å². The summed E-state index contributed by atoms with van der Waals surface area (Å²) in [6.07, 6.45) is 1.56. The molecule has 0 unspecified atom stereocenters. The van der Waals surface area contributed by atoms with Crippen molar-refractivity contribution in [2.75, 3.05) is 27.3 Å². The monoisotopic (exact) mass is 371 g/mol. The molecule has 3 rings (SSSR count). The number of likely N-dealkylation sites (tertiary alicyclic amines) is 1. The van der Waals surface area contributed by atoms with E-state index in [1.807, 2.05) is 26.0 Å². The first kappa shape index (κ1) is 19.0. The number of ketones is 1. The number of methoxy groups -OCH3 is 2. The summed E-state index contributed by atoms with van der Waals surface area (Å²) in [5.41, 5.74) is 2.55. The first-order valence-electron chi connectivity index (χ1n) is 9.07. The number of hydrogen-bond acceptors (Lipinski definition) is 5. The van der Waals surface area contributed by atoms with Crippen LogP contribution < -0.4 is 9.47 Å². The Labute approximate surface area is 159 Å². The third-order valence-corrected chi connectivity index (χ3v) is 5.02. The second-order valence-corrected chi connectivity index (χ2v) is 6.92. The van der Waals surface area contributed by atoms with Crippen LogP contribution in [0.2, 0.25) is 0 Å². The Morgan fingerprint density at radius 3 is 2.41 bits per heavy atom. The SMILES string of the molecule is COc1ccc(C(=O)N2CCC[C@H](C(=O)c3cc(C)c(OC)c(C)c3)C2)o1. The molecule has 0 bridgehead atoms. The van der Waals surface area contributed by atoms with Gasteiger partial charge in [0.2, 0.25) is 0 Å². The van der Waals surface area contributed by atoms with Crippen molar-refractivity contribution >= 4 is 11.7 Å². The number of hydrogen-bond donors (Lipinski definition) is 0. The maximum atomic E-state index is 13.0. The number of benzene rings is 1. The third-order valence-electron chi connectivity index (χ3n) is 5.02. The number of rotatable bonds is 5. The van der Waals surface area contributed by atoms with Gasteiger partial charge in [0.05, 0.1) is 14.2 Å². The van der Waals surface area contributed by atoms with Crippen molar-refractivity contribution < 1.29 is 23.5 Å². The van der Waals surface area contributed by atoms with Gasteiger partial charge in [-0.05, 0) is 56.0 Å². The molecule has 1 saturated heterocycles. The van der Waals surface area contributed by atoms with Crippen molar-refractivity contribution in [3.8, 4) is 11.7 Å². The maximum absolute atomic E-state index is 13.0. The molecule has 144 valence electrons. The Hall–Kier alpha value is -2.76. The molecule has 1 aliphatic rings. The smallest absolute Gasteiger partial charge is 0.289 e. The van der Waals surface area contributed by atoms with E-state index in [-0.39, 0.29) is 23.4 Å². The van der Waals surface area contributed by atoms with Crippen LogP contribution in [0.15, 0.2) is 28.7 Å². The summed E-state index contributed by atoms with van der Waals surface area (Å²) in [6, 6.07) is 6.95. The average Bonchev–Trinajstić information content (AvgIpc) is 3.16. The first-order valence-corrected chi connectivity index (χ1v) is 9.07. The first-order chi connectivity index (χ1) is 12.9. The molecule has 1 aromatic carbocycles.